The summed E-state index contributed by atoms with van der Waals surface area (Å²) in [6.07, 6.45) is 2.04. The van der Waals surface area contributed by atoms with Crippen LogP contribution in [0.25, 0.3) is 10.9 Å². The van der Waals surface area contributed by atoms with E-state index in [1.54, 1.807) is 12.3 Å². The number of hydrogen-bond donors (Lipinski definition) is 2. The number of aryl methyl sites for hydroxylation is 1. The molecule has 2 N–H and O–H groups in total. The molecule has 0 aliphatic carbocycles. The summed E-state index contributed by atoms with van der Waals surface area (Å²) in [5.74, 6) is 0.205. The smallest absolute Gasteiger partial charge is 0.221 e. The van der Waals surface area contributed by atoms with Crippen molar-refractivity contribution in [3.8, 4) is 5.75 Å². The van der Waals surface area contributed by atoms with Crippen LogP contribution < -0.4 is 10.1 Å². The highest BCUT2D eigenvalue weighted by Crippen LogP contribution is 2.28. The molecule has 1 aromatic heterocycles. The molecule has 2 aromatic carbocycles. The molecule has 0 spiro atoms. The van der Waals surface area contributed by atoms with Crippen molar-refractivity contribution in [2.24, 2.45) is 0 Å². The van der Waals surface area contributed by atoms with Gasteiger partial charge >= 0.3 is 0 Å². The zero-order chi connectivity index (χ0) is 17.1. The minimum absolute atomic E-state index is 0.233. The predicted octanol–water partition coefficient (Wildman–Crippen LogP) is 4.20. The maximum Gasteiger partial charge on any atom is 0.221 e. The number of aromatic amines is 1. The highest BCUT2D eigenvalue weighted by Gasteiger charge is 2.13. The van der Waals surface area contributed by atoms with E-state index in [0.717, 1.165) is 11.3 Å². The molecule has 0 saturated heterocycles. The largest absolute Gasteiger partial charge is 0.493 e. The SMILES string of the molecule is CC(=O)Nc1c[nH]c2ccc(CCOc3ccc(C)cc3)c(F)c12. The lowest BCUT2D eigenvalue weighted by atomic mass is 10.1. The summed E-state index contributed by atoms with van der Waals surface area (Å²) >= 11 is 0. The van der Waals surface area contributed by atoms with Gasteiger partial charge in [0.2, 0.25) is 5.91 Å². The molecule has 0 radical (unpaired) electrons. The van der Waals surface area contributed by atoms with Crippen molar-refractivity contribution in [3.63, 3.8) is 0 Å². The Bertz CT molecular complexity index is 869. The maximum atomic E-state index is 14.8. The second kappa shape index (κ2) is 6.74. The van der Waals surface area contributed by atoms with E-state index < -0.39 is 0 Å². The molecule has 3 aromatic rings. The van der Waals surface area contributed by atoms with Gasteiger partial charge in [-0.2, -0.15) is 0 Å². The summed E-state index contributed by atoms with van der Waals surface area (Å²) in [5, 5.41) is 3.04. The summed E-state index contributed by atoms with van der Waals surface area (Å²) in [6.45, 7) is 3.79. The summed E-state index contributed by atoms with van der Waals surface area (Å²) in [4.78, 5) is 14.2. The Kier molecular flexibility index (Phi) is 4.51. The van der Waals surface area contributed by atoms with E-state index in [2.05, 4.69) is 10.3 Å². The van der Waals surface area contributed by atoms with E-state index in [1.807, 2.05) is 37.3 Å². The minimum atomic E-state index is -0.329. The van der Waals surface area contributed by atoms with Gasteiger partial charge in [-0.15, -0.1) is 0 Å². The van der Waals surface area contributed by atoms with E-state index in [-0.39, 0.29) is 11.7 Å². The molecular weight excluding hydrogens is 307 g/mol. The van der Waals surface area contributed by atoms with Crippen molar-refractivity contribution in [3.05, 3.63) is 59.5 Å². The molecule has 5 heteroatoms. The van der Waals surface area contributed by atoms with Gasteiger partial charge < -0.3 is 15.0 Å². The molecule has 1 heterocycles. The molecule has 0 saturated carbocycles. The van der Waals surface area contributed by atoms with Gasteiger partial charge in [0.25, 0.3) is 0 Å². The molecule has 0 bridgehead atoms. The average molecular weight is 326 g/mol. The van der Waals surface area contributed by atoms with Crippen LogP contribution in [0.15, 0.2) is 42.6 Å². The van der Waals surface area contributed by atoms with Crippen LogP contribution in [0.2, 0.25) is 0 Å². The van der Waals surface area contributed by atoms with Gasteiger partial charge in [-0.1, -0.05) is 23.8 Å². The Morgan fingerprint density at radius 3 is 2.67 bits per heavy atom. The molecule has 24 heavy (non-hydrogen) atoms. The Morgan fingerprint density at radius 2 is 1.96 bits per heavy atom. The number of anilines is 1. The van der Waals surface area contributed by atoms with Gasteiger partial charge in [0.15, 0.2) is 0 Å². The van der Waals surface area contributed by atoms with Gasteiger partial charge in [-0.25, -0.2) is 4.39 Å². The first-order valence-electron chi connectivity index (χ1n) is 7.80. The third-order valence-corrected chi connectivity index (χ3v) is 3.84. The molecule has 1 amide bonds. The number of ether oxygens (including phenoxy) is 1. The zero-order valence-electron chi connectivity index (χ0n) is 13.7. The molecule has 0 aliphatic rings. The van der Waals surface area contributed by atoms with Crippen molar-refractivity contribution in [2.75, 3.05) is 11.9 Å². The van der Waals surface area contributed by atoms with Gasteiger partial charge in [0, 0.05) is 19.5 Å². The van der Waals surface area contributed by atoms with Crippen molar-refractivity contribution in [1.29, 1.82) is 0 Å². The predicted molar refractivity (Wildman–Crippen MR) is 92.9 cm³/mol. The fourth-order valence-electron chi connectivity index (χ4n) is 2.62. The topological polar surface area (TPSA) is 54.1 Å². The number of H-pyrrole nitrogens is 1. The average Bonchev–Trinajstić information content (AvgIpc) is 2.94. The van der Waals surface area contributed by atoms with E-state index in [0.29, 0.717) is 35.2 Å². The number of aromatic nitrogens is 1. The first kappa shape index (κ1) is 16.1. The standard InChI is InChI=1S/C19H19FN2O2/c1-12-3-6-15(7-4-12)24-10-9-14-5-8-16-18(19(14)20)17(11-21-16)22-13(2)23/h3-8,11,21H,9-10H2,1-2H3,(H,22,23). The summed E-state index contributed by atoms with van der Waals surface area (Å²) in [6, 6.07) is 11.3. The number of carbonyl (C=O) groups excluding carboxylic acids is 1. The molecule has 124 valence electrons. The molecule has 0 aliphatic heterocycles. The normalized spacial score (nSPS) is 10.8. The van der Waals surface area contributed by atoms with Gasteiger partial charge in [0.1, 0.15) is 11.6 Å². The van der Waals surface area contributed by atoms with Crippen LogP contribution in [-0.4, -0.2) is 17.5 Å². The molecule has 4 nitrogen and oxygen atoms in total. The van der Waals surface area contributed by atoms with Crippen LogP contribution in [0, 0.1) is 12.7 Å². The van der Waals surface area contributed by atoms with Crippen LogP contribution in [0.1, 0.15) is 18.1 Å². The molecule has 3 rings (SSSR count). The van der Waals surface area contributed by atoms with Crippen molar-refractivity contribution in [2.45, 2.75) is 20.3 Å². The third-order valence-electron chi connectivity index (χ3n) is 3.84. The Balaban J connectivity index is 1.75. The fourth-order valence-corrected chi connectivity index (χ4v) is 2.62. The monoisotopic (exact) mass is 326 g/mol. The van der Waals surface area contributed by atoms with E-state index in [1.165, 1.54) is 6.92 Å². The first-order valence-corrected chi connectivity index (χ1v) is 7.80. The summed E-state index contributed by atoms with van der Waals surface area (Å²) in [7, 11) is 0. The number of rotatable bonds is 5. The van der Waals surface area contributed by atoms with Crippen molar-refractivity contribution in [1.82, 2.24) is 4.98 Å². The summed E-state index contributed by atoms with van der Waals surface area (Å²) in [5.41, 5.74) is 2.83. The lowest BCUT2D eigenvalue weighted by molar-refractivity contribution is -0.114. The molecule has 0 fully saturated rings. The van der Waals surface area contributed by atoms with Crippen LogP contribution in [0.4, 0.5) is 10.1 Å². The minimum Gasteiger partial charge on any atom is -0.493 e. The number of benzene rings is 2. The van der Waals surface area contributed by atoms with Gasteiger partial charge in [-0.05, 0) is 30.7 Å². The van der Waals surface area contributed by atoms with Crippen molar-refractivity contribution < 1.29 is 13.9 Å². The Labute approximate surface area is 139 Å². The van der Waals surface area contributed by atoms with Crippen LogP contribution in [0.3, 0.4) is 0 Å². The summed E-state index contributed by atoms with van der Waals surface area (Å²) < 4.78 is 20.4. The lowest BCUT2D eigenvalue weighted by Crippen LogP contribution is -2.06. The van der Waals surface area contributed by atoms with Crippen molar-refractivity contribution >= 4 is 22.5 Å². The quantitative estimate of drug-likeness (QED) is 0.738. The number of amides is 1. The molecule has 0 unspecified atom stereocenters. The van der Waals surface area contributed by atoms with Gasteiger partial charge in [0.05, 0.1) is 23.2 Å². The fraction of sp³-hybridized carbons (Fsp3) is 0.211. The number of halogens is 1. The number of carbonyl (C=O) groups is 1. The third kappa shape index (κ3) is 3.40. The van der Waals surface area contributed by atoms with E-state index in [9.17, 15) is 9.18 Å². The Hall–Kier alpha value is -2.82. The highest BCUT2D eigenvalue weighted by atomic mass is 19.1. The lowest BCUT2D eigenvalue weighted by Gasteiger charge is -2.09. The second-order valence-electron chi connectivity index (χ2n) is 5.76. The first-order chi connectivity index (χ1) is 11.5. The second-order valence-corrected chi connectivity index (χ2v) is 5.76. The van der Waals surface area contributed by atoms with E-state index >= 15 is 0 Å². The molecular formula is C19H19FN2O2. The van der Waals surface area contributed by atoms with Crippen LogP contribution >= 0.6 is 0 Å². The van der Waals surface area contributed by atoms with Crippen LogP contribution in [-0.2, 0) is 11.2 Å². The Morgan fingerprint density at radius 1 is 1.21 bits per heavy atom. The number of nitrogens with one attached hydrogen (secondary N) is 2. The van der Waals surface area contributed by atoms with Gasteiger partial charge in [-0.3, -0.25) is 4.79 Å². The van der Waals surface area contributed by atoms with E-state index in [4.69, 9.17) is 4.74 Å². The maximum absolute atomic E-state index is 14.8. The number of fused-ring (bicyclic) bond motifs is 1. The highest BCUT2D eigenvalue weighted by molar-refractivity contribution is 6.01. The molecule has 0 atom stereocenters. The zero-order valence-corrected chi connectivity index (χ0v) is 13.7. The number of hydrogen-bond acceptors (Lipinski definition) is 2. The van der Waals surface area contributed by atoms with Crippen LogP contribution in [0.5, 0.6) is 5.75 Å².